The summed E-state index contributed by atoms with van der Waals surface area (Å²) in [4.78, 5) is 22.3. The number of carbonyl (C=O) groups is 1. The Morgan fingerprint density at radius 2 is 2.25 bits per heavy atom. The van der Waals surface area contributed by atoms with Gasteiger partial charge in [-0.05, 0) is 34.5 Å². The second kappa shape index (κ2) is 6.15. The molecule has 0 saturated carbocycles. The van der Waals surface area contributed by atoms with Crippen molar-refractivity contribution >= 4 is 38.9 Å². The van der Waals surface area contributed by atoms with Crippen LogP contribution < -0.4 is 5.32 Å². The molecule has 7 heteroatoms. The van der Waals surface area contributed by atoms with E-state index in [1.807, 2.05) is 0 Å². The van der Waals surface area contributed by atoms with E-state index in [-0.39, 0.29) is 18.1 Å². The van der Waals surface area contributed by atoms with E-state index in [4.69, 9.17) is 0 Å². The zero-order chi connectivity index (χ0) is 14.7. The van der Waals surface area contributed by atoms with Crippen LogP contribution in [0.3, 0.4) is 0 Å². The Labute approximate surface area is 127 Å². The van der Waals surface area contributed by atoms with Gasteiger partial charge < -0.3 is 5.32 Å². The fourth-order valence-electron chi connectivity index (χ4n) is 1.77. The summed E-state index contributed by atoms with van der Waals surface area (Å²) in [5, 5.41) is 15.4. The lowest BCUT2D eigenvalue weighted by molar-refractivity contribution is -0.385. The number of hydrogen-bond acceptors (Lipinski definition) is 4. The van der Waals surface area contributed by atoms with Gasteiger partial charge in [-0.25, -0.2) is 0 Å². The van der Waals surface area contributed by atoms with E-state index in [0.29, 0.717) is 11.1 Å². The van der Waals surface area contributed by atoms with Crippen LogP contribution in [0.4, 0.5) is 5.69 Å². The molecule has 5 nitrogen and oxygen atoms in total. The fraction of sp³-hybridized carbons (Fsp3) is 0.154. The van der Waals surface area contributed by atoms with Crippen molar-refractivity contribution < 1.29 is 9.72 Å². The number of rotatable bonds is 4. The Bertz CT molecular complexity index is 669. The monoisotopic (exact) mass is 354 g/mol. The number of halogens is 1. The molecule has 1 N–H and O–H groups in total. The van der Waals surface area contributed by atoms with Crippen LogP contribution in [0.15, 0.2) is 33.4 Å². The summed E-state index contributed by atoms with van der Waals surface area (Å²) in [6.45, 7) is 1.95. The predicted molar refractivity (Wildman–Crippen MR) is 81.0 cm³/mol. The van der Waals surface area contributed by atoms with Crippen LogP contribution in [-0.2, 0) is 6.54 Å². The first-order chi connectivity index (χ1) is 9.49. The molecule has 2 aromatic rings. The minimum Gasteiger partial charge on any atom is -0.348 e. The number of benzene rings is 1. The van der Waals surface area contributed by atoms with Crippen LogP contribution >= 0.6 is 27.3 Å². The second-order valence-electron chi connectivity index (χ2n) is 4.14. The lowest BCUT2D eigenvalue weighted by atomic mass is 10.1. The number of amides is 1. The van der Waals surface area contributed by atoms with Crippen molar-refractivity contribution in [2.24, 2.45) is 0 Å². The summed E-state index contributed by atoms with van der Waals surface area (Å²) in [6, 6.07) is 6.58. The summed E-state index contributed by atoms with van der Waals surface area (Å²) in [5.74, 6) is -0.196. The standard InChI is InChI=1S/C13H11BrN2O3S/c1-8-9(3-2-4-11(8)16(18)19)6-15-13(17)10-5-12(14)20-7-10/h2-5,7H,6H2,1H3,(H,15,17). The van der Waals surface area contributed by atoms with Crippen molar-refractivity contribution in [3.8, 4) is 0 Å². The predicted octanol–water partition coefficient (Wildman–Crippen LogP) is 3.66. The first-order valence-electron chi connectivity index (χ1n) is 5.74. The Kier molecular flexibility index (Phi) is 4.51. The van der Waals surface area contributed by atoms with Gasteiger partial charge in [-0.1, -0.05) is 12.1 Å². The number of carbonyl (C=O) groups excluding carboxylic acids is 1. The summed E-state index contributed by atoms with van der Waals surface area (Å²) in [5.41, 5.74) is 1.95. The summed E-state index contributed by atoms with van der Waals surface area (Å²) in [6.07, 6.45) is 0. The van der Waals surface area contributed by atoms with Gasteiger partial charge in [0.1, 0.15) is 0 Å². The van der Waals surface area contributed by atoms with Gasteiger partial charge in [-0.2, -0.15) is 0 Å². The van der Waals surface area contributed by atoms with Crippen molar-refractivity contribution in [2.45, 2.75) is 13.5 Å². The lowest BCUT2D eigenvalue weighted by Crippen LogP contribution is -2.22. The second-order valence-corrected chi connectivity index (χ2v) is 6.43. The highest BCUT2D eigenvalue weighted by molar-refractivity contribution is 9.11. The number of nitro benzene ring substituents is 1. The third-order valence-electron chi connectivity index (χ3n) is 2.88. The van der Waals surface area contributed by atoms with Crippen LogP contribution in [0, 0.1) is 17.0 Å². The maximum atomic E-state index is 11.9. The molecule has 104 valence electrons. The molecule has 0 fully saturated rings. The molecule has 1 aromatic heterocycles. The van der Waals surface area contributed by atoms with E-state index < -0.39 is 4.92 Å². The molecule has 1 heterocycles. The van der Waals surface area contributed by atoms with Crippen LogP contribution in [0.5, 0.6) is 0 Å². The fourth-order valence-corrected chi connectivity index (χ4v) is 2.90. The molecule has 0 radical (unpaired) electrons. The summed E-state index contributed by atoms with van der Waals surface area (Å²) < 4.78 is 0.883. The molecule has 0 aliphatic carbocycles. The van der Waals surface area contributed by atoms with Gasteiger partial charge in [0.2, 0.25) is 0 Å². The van der Waals surface area contributed by atoms with Gasteiger partial charge in [0.25, 0.3) is 11.6 Å². The molecule has 0 aliphatic rings. The Hall–Kier alpha value is -1.73. The average molecular weight is 355 g/mol. The molecule has 0 atom stereocenters. The number of thiophene rings is 1. The zero-order valence-corrected chi connectivity index (χ0v) is 13.0. The van der Waals surface area contributed by atoms with Crippen molar-refractivity contribution in [1.82, 2.24) is 5.32 Å². The van der Waals surface area contributed by atoms with Crippen LogP contribution in [0.1, 0.15) is 21.5 Å². The third kappa shape index (κ3) is 3.23. The van der Waals surface area contributed by atoms with E-state index in [0.717, 1.165) is 9.35 Å². The van der Waals surface area contributed by atoms with Crippen LogP contribution in [0.2, 0.25) is 0 Å². The molecule has 1 amide bonds. The van der Waals surface area contributed by atoms with E-state index in [2.05, 4.69) is 21.2 Å². The molecule has 0 saturated heterocycles. The largest absolute Gasteiger partial charge is 0.348 e. The highest BCUT2D eigenvalue weighted by Gasteiger charge is 2.14. The van der Waals surface area contributed by atoms with Crippen molar-refractivity contribution in [2.75, 3.05) is 0 Å². The van der Waals surface area contributed by atoms with Crippen LogP contribution in [-0.4, -0.2) is 10.8 Å². The van der Waals surface area contributed by atoms with Crippen molar-refractivity contribution in [3.05, 3.63) is 60.2 Å². The van der Waals surface area contributed by atoms with Crippen molar-refractivity contribution in [1.29, 1.82) is 0 Å². The molecule has 0 aliphatic heterocycles. The first kappa shape index (κ1) is 14.7. The Balaban J connectivity index is 2.10. The van der Waals surface area contributed by atoms with Gasteiger partial charge in [0.05, 0.1) is 14.3 Å². The minimum atomic E-state index is -0.420. The van der Waals surface area contributed by atoms with Gasteiger partial charge >= 0.3 is 0 Å². The zero-order valence-electron chi connectivity index (χ0n) is 10.6. The minimum absolute atomic E-state index is 0.0648. The molecule has 0 spiro atoms. The van der Waals surface area contributed by atoms with E-state index >= 15 is 0 Å². The highest BCUT2D eigenvalue weighted by atomic mass is 79.9. The normalized spacial score (nSPS) is 10.3. The lowest BCUT2D eigenvalue weighted by Gasteiger charge is -2.07. The third-order valence-corrected chi connectivity index (χ3v) is 4.39. The first-order valence-corrected chi connectivity index (χ1v) is 7.41. The molecule has 1 aromatic carbocycles. The van der Waals surface area contributed by atoms with Gasteiger partial charge in [-0.15, -0.1) is 11.3 Å². The topological polar surface area (TPSA) is 72.2 Å². The Morgan fingerprint density at radius 3 is 2.85 bits per heavy atom. The van der Waals surface area contributed by atoms with E-state index in [1.165, 1.54) is 17.4 Å². The molecular formula is C13H11BrN2O3S. The maximum absolute atomic E-state index is 11.9. The van der Waals surface area contributed by atoms with E-state index in [9.17, 15) is 14.9 Å². The SMILES string of the molecule is Cc1c(CNC(=O)c2csc(Br)c2)cccc1[N+](=O)[O-]. The molecule has 2 rings (SSSR count). The van der Waals surface area contributed by atoms with Gasteiger partial charge in [0, 0.05) is 23.6 Å². The summed E-state index contributed by atoms with van der Waals surface area (Å²) >= 11 is 4.73. The smallest absolute Gasteiger partial charge is 0.272 e. The number of nitrogens with one attached hydrogen (secondary N) is 1. The molecular weight excluding hydrogens is 344 g/mol. The summed E-state index contributed by atoms with van der Waals surface area (Å²) in [7, 11) is 0. The van der Waals surface area contributed by atoms with Crippen molar-refractivity contribution in [3.63, 3.8) is 0 Å². The van der Waals surface area contributed by atoms with Gasteiger partial charge in [-0.3, -0.25) is 14.9 Å². The Morgan fingerprint density at radius 1 is 1.50 bits per heavy atom. The highest BCUT2D eigenvalue weighted by Crippen LogP contribution is 2.22. The van der Waals surface area contributed by atoms with E-state index in [1.54, 1.807) is 30.5 Å². The maximum Gasteiger partial charge on any atom is 0.272 e. The van der Waals surface area contributed by atoms with Crippen LogP contribution in [0.25, 0.3) is 0 Å². The quantitative estimate of drug-likeness (QED) is 0.672. The number of hydrogen-bond donors (Lipinski definition) is 1. The molecule has 0 unspecified atom stereocenters. The number of nitrogens with zero attached hydrogens (tertiary/aromatic N) is 1. The molecule has 0 bridgehead atoms. The number of nitro groups is 1. The van der Waals surface area contributed by atoms with Gasteiger partial charge in [0.15, 0.2) is 0 Å². The average Bonchev–Trinajstić information content (AvgIpc) is 2.83. The molecule has 20 heavy (non-hydrogen) atoms.